The molecule has 0 aliphatic carbocycles. The van der Waals surface area contributed by atoms with E-state index in [2.05, 4.69) is 5.32 Å². The standard InChI is InChI=1S/C14H11F3N2O/c15-9-3-1-2-8(4-9)5-14(20)19-13-7-12(18)10(16)6-11(13)17/h1-4,6-7H,5,18H2,(H,19,20). The maximum absolute atomic E-state index is 13.4. The number of benzene rings is 2. The summed E-state index contributed by atoms with van der Waals surface area (Å²) in [7, 11) is 0. The number of carbonyl (C=O) groups excluding carboxylic acids is 1. The van der Waals surface area contributed by atoms with Gasteiger partial charge in [0.25, 0.3) is 0 Å². The largest absolute Gasteiger partial charge is 0.396 e. The molecule has 6 heteroatoms. The van der Waals surface area contributed by atoms with Crippen LogP contribution in [-0.2, 0) is 11.2 Å². The number of anilines is 2. The van der Waals surface area contributed by atoms with Crippen LogP contribution in [0.2, 0.25) is 0 Å². The van der Waals surface area contributed by atoms with Crippen LogP contribution < -0.4 is 11.1 Å². The zero-order valence-corrected chi connectivity index (χ0v) is 10.3. The highest BCUT2D eigenvalue weighted by atomic mass is 19.1. The fourth-order valence-electron chi connectivity index (χ4n) is 1.69. The van der Waals surface area contributed by atoms with Gasteiger partial charge in [-0.1, -0.05) is 12.1 Å². The van der Waals surface area contributed by atoms with Gasteiger partial charge in [0, 0.05) is 6.07 Å². The van der Waals surface area contributed by atoms with Gasteiger partial charge in [-0.15, -0.1) is 0 Å². The molecule has 0 unspecified atom stereocenters. The molecule has 0 fully saturated rings. The molecule has 20 heavy (non-hydrogen) atoms. The van der Waals surface area contributed by atoms with Gasteiger partial charge in [0.2, 0.25) is 5.91 Å². The molecule has 1 amide bonds. The summed E-state index contributed by atoms with van der Waals surface area (Å²) in [6.07, 6.45) is -0.130. The van der Waals surface area contributed by atoms with Crippen LogP contribution in [0.15, 0.2) is 36.4 Å². The molecule has 2 aromatic carbocycles. The van der Waals surface area contributed by atoms with Gasteiger partial charge >= 0.3 is 0 Å². The van der Waals surface area contributed by atoms with E-state index in [1.54, 1.807) is 6.07 Å². The van der Waals surface area contributed by atoms with Crippen LogP contribution in [0.3, 0.4) is 0 Å². The maximum atomic E-state index is 13.4. The lowest BCUT2D eigenvalue weighted by Crippen LogP contribution is -2.16. The monoisotopic (exact) mass is 280 g/mol. The molecular formula is C14H11F3N2O. The number of hydrogen-bond donors (Lipinski definition) is 2. The Bertz CT molecular complexity index is 659. The second kappa shape index (κ2) is 5.64. The summed E-state index contributed by atoms with van der Waals surface area (Å²) in [5, 5.41) is 2.26. The fraction of sp³-hybridized carbons (Fsp3) is 0.0714. The Morgan fingerprint density at radius 2 is 1.85 bits per heavy atom. The maximum Gasteiger partial charge on any atom is 0.228 e. The molecule has 0 bridgehead atoms. The van der Waals surface area contributed by atoms with Crippen molar-refractivity contribution in [3.63, 3.8) is 0 Å². The summed E-state index contributed by atoms with van der Waals surface area (Å²) in [5.41, 5.74) is 5.25. The second-order valence-electron chi connectivity index (χ2n) is 4.21. The average molecular weight is 280 g/mol. The van der Waals surface area contributed by atoms with E-state index in [0.717, 1.165) is 6.07 Å². The zero-order valence-electron chi connectivity index (χ0n) is 10.3. The molecule has 0 aliphatic rings. The number of amides is 1. The number of nitrogen functional groups attached to an aromatic ring is 1. The fourth-order valence-corrected chi connectivity index (χ4v) is 1.69. The Hall–Kier alpha value is -2.50. The highest BCUT2D eigenvalue weighted by Crippen LogP contribution is 2.21. The van der Waals surface area contributed by atoms with Crippen molar-refractivity contribution in [2.75, 3.05) is 11.1 Å². The van der Waals surface area contributed by atoms with Crippen LogP contribution in [-0.4, -0.2) is 5.91 Å². The minimum absolute atomic E-state index is 0.130. The van der Waals surface area contributed by atoms with Gasteiger partial charge in [0.05, 0.1) is 17.8 Å². The van der Waals surface area contributed by atoms with E-state index < -0.39 is 23.4 Å². The average Bonchev–Trinajstić information content (AvgIpc) is 2.36. The summed E-state index contributed by atoms with van der Waals surface area (Å²) < 4.78 is 39.3. The van der Waals surface area contributed by atoms with E-state index >= 15 is 0 Å². The number of nitrogens with two attached hydrogens (primary N) is 1. The summed E-state index contributed by atoms with van der Waals surface area (Å²) in [6.45, 7) is 0. The Kier molecular flexibility index (Phi) is 3.93. The number of hydrogen-bond acceptors (Lipinski definition) is 2. The molecule has 0 atom stereocenters. The van der Waals surface area contributed by atoms with Crippen molar-refractivity contribution in [1.82, 2.24) is 0 Å². The third-order valence-corrected chi connectivity index (χ3v) is 2.61. The Morgan fingerprint density at radius 3 is 2.55 bits per heavy atom. The van der Waals surface area contributed by atoms with E-state index in [0.29, 0.717) is 11.6 Å². The van der Waals surface area contributed by atoms with E-state index in [-0.39, 0.29) is 17.8 Å². The first-order valence-electron chi connectivity index (χ1n) is 5.74. The van der Waals surface area contributed by atoms with Gasteiger partial charge < -0.3 is 11.1 Å². The van der Waals surface area contributed by atoms with Crippen molar-refractivity contribution in [3.8, 4) is 0 Å². The van der Waals surface area contributed by atoms with Crippen LogP contribution in [0.25, 0.3) is 0 Å². The van der Waals surface area contributed by atoms with Crippen LogP contribution in [0, 0.1) is 17.5 Å². The van der Waals surface area contributed by atoms with E-state index in [4.69, 9.17) is 5.73 Å². The lowest BCUT2D eigenvalue weighted by molar-refractivity contribution is -0.115. The SMILES string of the molecule is Nc1cc(NC(=O)Cc2cccc(F)c2)c(F)cc1F. The smallest absolute Gasteiger partial charge is 0.228 e. The minimum Gasteiger partial charge on any atom is -0.396 e. The summed E-state index contributed by atoms with van der Waals surface area (Å²) >= 11 is 0. The van der Waals surface area contributed by atoms with Crippen LogP contribution in [0.4, 0.5) is 24.5 Å². The van der Waals surface area contributed by atoms with Crippen molar-refractivity contribution in [3.05, 3.63) is 59.4 Å². The molecule has 0 saturated heterocycles. The quantitative estimate of drug-likeness (QED) is 0.849. The molecule has 0 saturated carbocycles. The number of carbonyl (C=O) groups is 1. The second-order valence-corrected chi connectivity index (χ2v) is 4.21. The molecule has 3 nitrogen and oxygen atoms in total. The van der Waals surface area contributed by atoms with E-state index in [1.807, 2.05) is 0 Å². The van der Waals surface area contributed by atoms with Gasteiger partial charge in [-0.05, 0) is 23.8 Å². The first-order chi connectivity index (χ1) is 9.45. The summed E-state index contributed by atoms with van der Waals surface area (Å²) in [4.78, 5) is 11.7. The molecule has 2 rings (SSSR count). The lowest BCUT2D eigenvalue weighted by Gasteiger charge is -2.08. The topological polar surface area (TPSA) is 55.1 Å². The van der Waals surface area contributed by atoms with Crippen molar-refractivity contribution in [2.45, 2.75) is 6.42 Å². The molecule has 104 valence electrons. The van der Waals surface area contributed by atoms with Crippen LogP contribution in [0.1, 0.15) is 5.56 Å². The predicted octanol–water partition coefficient (Wildman–Crippen LogP) is 2.87. The van der Waals surface area contributed by atoms with Crippen LogP contribution in [0.5, 0.6) is 0 Å². The summed E-state index contributed by atoms with van der Waals surface area (Å²) in [5.74, 6) is -2.84. The predicted molar refractivity (Wildman–Crippen MR) is 69.5 cm³/mol. The van der Waals surface area contributed by atoms with Crippen molar-refractivity contribution in [2.24, 2.45) is 0 Å². The van der Waals surface area contributed by atoms with Crippen LogP contribution >= 0.6 is 0 Å². The van der Waals surface area contributed by atoms with Crippen molar-refractivity contribution in [1.29, 1.82) is 0 Å². The van der Waals surface area contributed by atoms with Gasteiger partial charge in [-0.25, -0.2) is 13.2 Å². The first-order valence-corrected chi connectivity index (χ1v) is 5.74. The van der Waals surface area contributed by atoms with Gasteiger partial charge in [-0.3, -0.25) is 4.79 Å². The van der Waals surface area contributed by atoms with Gasteiger partial charge in [-0.2, -0.15) is 0 Å². The van der Waals surface area contributed by atoms with Gasteiger partial charge in [0.1, 0.15) is 17.5 Å². The molecular weight excluding hydrogens is 269 g/mol. The molecule has 0 spiro atoms. The Balaban J connectivity index is 2.10. The molecule has 0 heterocycles. The molecule has 3 N–H and O–H groups in total. The Labute approximate surface area is 113 Å². The number of rotatable bonds is 3. The van der Waals surface area contributed by atoms with Crippen molar-refractivity contribution < 1.29 is 18.0 Å². The minimum atomic E-state index is -0.927. The van der Waals surface area contributed by atoms with E-state index in [1.165, 1.54) is 18.2 Å². The number of nitrogens with one attached hydrogen (secondary N) is 1. The molecule has 0 aromatic heterocycles. The zero-order chi connectivity index (χ0) is 14.7. The summed E-state index contributed by atoms with van der Waals surface area (Å²) in [6, 6.07) is 7.07. The molecule has 0 aliphatic heterocycles. The normalized spacial score (nSPS) is 10.3. The third kappa shape index (κ3) is 3.28. The van der Waals surface area contributed by atoms with E-state index in [9.17, 15) is 18.0 Å². The molecule has 0 radical (unpaired) electrons. The highest BCUT2D eigenvalue weighted by Gasteiger charge is 2.11. The van der Waals surface area contributed by atoms with Gasteiger partial charge in [0.15, 0.2) is 0 Å². The third-order valence-electron chi connectivity index (χ3n) is 2.61. The first kappa shape index (κ1) is 13.9. The molecule has 2 aromatic rings. The Morgan fingerprint density at radius 1 is 1.10 bits per heavy atom. The number of halogens is 3. The lowest BCUT2D eigenvalue weighted by atomic mass is 10.1. The van der Waals surface area contributed by atoms with Crippen molar-refractivity contribution >= 4 is 17.3 Å². The highest BCUT2D eigenvalue weighted by molar-refractivity contribution is 5.92.